The van der Waals surface area contributed by atoms with Crippen LogP contribution in [0.4, 0.5) is 11.4 Å². The lowest BCUT2D eigenvalue weighted by Gasteiger charge is -1.95. The van der Waals surface area contributed by atoms with Gasteiger partial charge in [0.15, 0.2) is 0 Å². The Balaban J connectivity index is 3.18. The van der Waals surface area contributed by atoms with E-state index in [1.54, 1.807) is 0 Å². The van der Waals surface area contributed by atoms with Crippen molar-refractivity contribution in [1.29, 1.82) is 5.53 Å². The predicted molar refractivity (Wildman–Crippen MR) is 39.6 cm³/mol. The van der Waals surface area contributed by atoms with Crippen molar-refractivity contribution in [3.63, 3.8) is 0 Å². The Labute approximate surface area is 67.1 Å². The third kappa shape index (κ3) is 1.36. The van der Waals surface area contributed by atoms with Gasteiger partial charge in [-0.15, -0.1) is 0 Å². The molecule has 0 fully saturated rings. The number of nitro groups is 1. The molecule has 1 rings (SSSR count). The van der Waals surface area contributed by atoms with Gasteiger partial charge in [-0.2, -0.15) is 5.11 Å². The van der Waals surface area contributed by atoms with Gasteiger partial charge in [-0.25, -0.2) is 5.53 Å². The highest BCUT2D eigenvalue weighted by molar-refractivity contribution is 5.55. The summed E-state index contributed by atoms with van der Waals surface area (Å²) in [5.74, 6) is -0.362. The van der Waals surface area contributed by atoms with Crippen LogP contribution in [0.15, 0.2) is 23.3 Å². The van der Waals surface area contributed by atoms with Crippen molar-refractivity contribution in [2.75, 3.05) is 0 Å². The van der Waals surface area contributed by atoms with Gasteiger partial charge in [0.2, 0.25) is 0 Å². The number of phenols is 1. The number of benzene rings is 1. The first kappa shape index (κ1) is 8.12. The maximum absolute atomic E-state index is 10.2. The fourth-order valence-corrected chi connectivity index (χ4v) is 0.720. The number of nitrogens with zero attached hydrogens (tertiary/aromatic N) is 2. The first-order valence-electron chi connectivity index (χ1n) is 3.00. The number of nitro benzene ring substituents is 1. The van der Waals surface area contributed by atoms with E-state index in [1.165, 1.54) is 12.1 Å². The Kier molecular flexibility index (Phi) is 2.00. The smallest absolute Gasteiger partial charge is 0.273 e. The maximum atomic E-state index is 10.2. The molecule has 6 nitrogen and oxygen atoms in total. The van der Waals surface area contributed by atoms with E-state index < -0.39 is 4.92 Å². The van der Waals surface area contributed by atoms with Crippen molar-refractivity contribution in [3.05, 3.63) is 28.3 Å². The van der Waals surface area contributed by atoms with E-state index >= 15 is 0 Å². The number of hydrogen-bond acceptors (Lipinski definition) is 5. The molecule has 6 heteroatoms. The van der Waals surface area contributed by atoms with Crippen LogP contribution in [0.25, 0.3) is 0 Å². The second kappa shape index (κ2) is 2.95. The van der Waals surface area contributed by atoms with E-state index in [-0.39, 0.29) is 17.1 Å². The lowest BCUT2D eigenvalue weighted by Crippen LogP contribution is -1.86. The Morgan fingerprint density at radius 3 is 2.67 bits per heavy atom. The molecule has 0 saturated carbocycles. The van der Waals surface area contributed by atoms with Crippen LogP contribution in [-0.2, 0) is 0 Å². The molecule has 0 aromatic heterocycles. The van der Waals surface area contributed by atoms with Crippen LogP contribution >= 0.6 is 0 Å². The van der Waals surface area contributed by atoms with Gasteiger partial charge < -0.3 is 5.11 Å². The van der Waals surface area contributed by atoms with E-state index in [0.29, 0.717) is 0 Å². The molecule has 0 aliphatic heterocycles. The monoisotopic (exact) mass is 167 g/mol. The number of rotatable bonds is 2. The van der Waals surface area contributed by atoms with Gasteiger partial charge in [-0.1, -0.05) is 0 Å². The van der Waals surface area contributed by atoms with Crippen LogP contribution in [0.1, 0.15) is 0 Å². The number of aromatic hydroxyl groups is 1. The average Bonchev–Trinajstić information content (AvgIpc) is 2.04. The van der Waals surface area contributed by atoms with Crippen molar-refractivity contribution in [3.8, 4) is 5.75 Å². The molecule has 2 N–H and O–H groups in total. The Morgan fingerprint density at radius 2 is 2.25 bits per heavy atom. The quantitative estimate of drug-likeness (QED) is 0.400. The van der Waals surface area contributed by atoms with Crippen LogP contribution in [0.5, 0.6) is 5.75 Å². The standard InChI is InChI=1S/C6H5N3O3/c7-8-5-2-1-4(9(11)12)3-6(5)10/h1-3,7,10H. The van der Waals surface area contributed by atoms with Gasteiger partial charge in [0, 0.05) is 6.07 Å². The molecule has 0 bridgehead atoms. The van der Waals surface area contributed by atoms with E-state index in [1.807, 2.05) is 0 Å². The molecule has 0 radical (unpaired) electrons. The van der Waals surface area contributed by atoms with Gasteiger partial charge in [-0.3, -0.25) is 10.1 Å². The first-order chi connectivity index (χ1) is 5.65. The third-order valence-corrected chi connectivity index (χ3v) is 1.29. The average molecular weight is 167 g/mol. The molecule has 0 heterocycles. The lowest BCUT2D eigenvalue weighted by molar-refractivity contribution is -0.384. The molecule has 0 aliphatic carbocycles. The minimum absolute atomic E-state index is 0.0144. The third-order valence-electron chi connectivity index (χ3n) is 1.29. The van der Waals surface area contributed by atoms with Gasteiger partial charge in [0.05, 0.1) is 11.0 Å². The van der Waals surface area contributed by atoms with E-state index in [4.69, 9.17) is 10.6 Å². The molecule has 62 valence electrons. The van der Waals surface area contributed by atoms with Crippen LogP contribution in [0, 0.1) is 15.6 Å². The Morgan fingerprint density at radius 1 is 1.58 bits per heavy atom. The summed E-state index contributed by atoms with van der Waals surface area (Å²) in [5.41, 5.74) is 6.35. The molecule has 0 atom stereocenters. The first-order valence-corrected chi connectivity index (χ1v) is 3.00. The molecule has 0 aliphatic rings. The summed E-state index contributed by atoms with van der Waals surface area (Å²) in [6.45, 7) is 0. The van der Waals surface area contributed by atoms with Gasteiger partial charge in [0.25, 0.3) is 5.69 Å². The molecule has 0 spiro atoms. The Bertz CT molecular complexity index is 337. The topological polar surface area (TPSA) is 99.6 Å². The fraction of sp³-hybridized carbons (Fsp3) is 0. The second-order valence-electron chi connectivity index (χ2n) is 2.04. The predicted octanol–water partition coefficient (Wildman–Crippen LogP) is 1.96. The summed E-state index contributed by atoms with van der Waals surface area (Å²) in [5, 5.41) is 22.1. The van der Waals surface area contributed by atoms with Crippen LogP contribution in [-0.4, -0.2) is 10.0 Å². The van der Waals surface area contributed by atoms with E-state index in [2.05, 4.69) is 5.11 Å². The van der Waals surface area contributed by atoms with Crippen molar-refractivity contribution in [2.24, 2.45) is 5.11 Å². The molecular weight excluding hydrogens is 162 g/mol. The fourth-order valence-electron chi connectivity index (χ4n) is 0.720. The summed E-state index contributed by atoms with van der Waals surface area (Å²) >= 11 is 0. The van der Waals surface area contributed by atoms with E-state index in [0.717, 1.165) is 6.07 Å². The Hall–Kier alpha value is -1.98. The lowest BCUT2D eigenvalue weighted by atomic mass is 10.2. The summed E-state index contributed by atoms with van der Waals surface area (Å²) in [4.78, 5) is 9.54. The zero-order valence-electron chi connectivity index (χ0n) is 5.89. The number of hydrogen-bond donors (Lipinski definition) is 2. The molecular formula is C6H5N3O3. The number of non-ortho nitro benzene ring substituents is 1. The summed E-state index contributed by atoms with van der Waals surface area (Å²) in [6, 6.07) is 3.33. The molecule has 1 aromatic carbocycles. The summed E-state index contributed by atoms with van der Waals surface area (Å²) in [7, 11) is 0. The number of nitrogens with one attached hydrogen (secondary N) is 1. The highest BCUT2D eigenvalue weighted by Gasteiger charge is 2.08. The van der Waals surface area contributed by atoms with Gasteiger partial charge in [0.1, 0.15) is 11.4 Å². The van der Waals surface area contributed by atoms with Gasteiger partial charge >= 0.3 is 0 Å². The largest absolute Gasteiger partial charge is 0.505 e. The number of phenolic OH excluding ortho intramolecular Hbond substituents is 1. The van der Waals surface area contributed by atoms with Crippen molar-refractivity contribution in [2.45, 2.75) is 0 Å². The van der Waals surface area contributed by atoms with Crippen LogP contribution < -0.4 is 0 Å². The highest BCUT2D eigenvalue weighted by Crippen LogP contribution is 2.29. The van der Waals surface area contributed by atoms with Crippen LogP contribution in [0.2, 0.25) is 0 Å². The SMILES string of the molecule is N=Nc1ccc([N+](=O)[O-])cc1O. The zero-order valence-corrected chi connectivity index (χ0v) is 5.89. The van der Waals surface area contributed by atoms with E-state index in [9.17, 15) is 10.1 Å². The summed E-state index contributed by atoms with van der Waals surface area (Å²) < 4.78 is 0. The minimum atomic E-state index is -0.632. The molecule has 1 aromatic rings. The molecule has 0 saturated heterocycles. The maximum Gasteiger partial charge on any atom is 0.273 e. The van der Waals surface area contributed by atoms with Gasteiger partial charge in [-0.05, 0) is 6.07 Å². The van der Waals surface area contributed by atoms with Crippen molar-refractivity contribution < 1.29 is 10.0 Å². The highest BCUT2D eigenvalue weighted by atomic mass is 16.6. The second-order valence-corrected chi connectivity index (χ2v) is 2.04. The molecule has 0 unspecified atom stereocenters. The zero-order chi connectivity index (χ0) is 9.14. The normalized spacial score (nSPS) is 9.33. The van der Waals surface area contributed by atoms with Crippen LogP contribution in [0.3, 0.4) is 0 Å². The van der Waals surface area contributed by atoms with Crippen molar-refractivity contribution in [1.82, 2.24) is 0 Å². The summed E-state index contributed by atoms with van der Waals surface area (Å²) in [6.07, 6.45) is 0. The van der Waals surface area contributed by atoms with Crippen molar-refractivity contribution >= 4 is 11.4 Å². The molecule has 12 heavy (non-hydrogen) atoms. The molecule has 0 amide bonds. The minimum Gasteiger partial charge on any atom is -0.505 e.